The topological polar surface area (TPSA) is 178 Å². The number of benzene rings is 1. The van der Waals surface area contributed by atoms with Crippen LogP contribution in [-0.4, -0.2) is 64.2 Å². The van der Waals surface area contributed by atoms with E-state index >= 15 is 0 Å². The van der Waals surface area contributed by atoms with Crippen LogP contribution in [-0.2, 0) is 29.1 Å². The molecule has 0 saturated carbocycles. The maximum absolute atomic E-state index is 12.8. The van der Waals surface area contributed by atoms with E-state index in [0.29, 0.717) is 11.1 Å². The number of esters is 1. The quantitative estimate of drug-likeness (QED) is 0.151. The van der Waals surface area contributed by atoms with Gasteiger partial charge >= 0.3 is 12.1 Å². The van der Waals surface area contributed by atoms with Gasteiger partial charge in [0.25, 0.3) is 10.0 Å². The van der Waals surface area contributed by atoms with Crippen LogP contribution in [0.2, 0.25) is 0 Å². The molecular weight excluding hydrogens is 490 g/mol. The Hall–Kier alpha value is -3.35. The summed E-state index contributed by atoms with van der Waals surface area (Å²) in [7, 11) is -2.76. The van der Waals surface area contributed by atoms with Crippen molar-refractivity contribution in [2.45, 2.75) is 70.9 Å². The Morgan fingerprint density at radius 1 is 1.11 bits per heavy atom. The molecule has 0 aliphatic carbocycles. The van der Waals surface area contributed by atoms with Gasteiger partial charge in [0.2, 0.25) is 11.9 Å². The zero-order chi connectivity index (χ0) is 27.7. The maximum atomic E-state index is 12.8. The Balaban J connectivity index is 2.82. The fraction of sp³-hybridized carbons (Fsp3) is 0.565. The van der Waals surface area contributed by atoms with Crippen LogP contribution in [0, 0.1) is 20.8 Å². The Morgan fingerprint density at radius 3 is 2.22 bits per heavy atom. The number of rotatable bonds is 10. The number of nitrogens with two attached hydrogens (primary N) is 1. The fourth-order valence-corrected chi connectivity index (χ4v) is 4.79. The molecule has 36 heavy (non-hydrogen) atoms. The summed E-state index contributed by atoms with van der Waals surface area (Å²) in [5.74, 6) is -1.57. The second-order valence-corrected chi connectivity index (χ2v) is 10.9. The van der Waals surface area contributed by atoms with Gasteiger partial charge in [-0.25, -0.2) is 17.9 Å². The monoisotopic (exact) mass is 527 g/mol. The number of carbonyl (C=O) groups excluding carboxylic acids is 3. The lowest BCUT2D eigenvalue weighted by Crippen LogP contribution is -2.49. The van der Waals surface area contributed by atoms with E-state index in [0.717, 1.165) is 5.56 Å². The van der Waals surface area contributed by atoms with Crippen molar-refractivity contribution in [2.24, 2.45) is 10.7 Å². The maximum Gasteiger partial charge on any atom is 0.408 e. The molecule has 0 aliphatic rings. The van der Waals surface area contributed by atoms with Gasteiger partial charge in [0.1, 0.15) is 18.2 Å². The molecule has 5 N–H and O–H groups in total. The number of ether oxygens (including phenoxy) is 2. The number of sulfonamides is 1. The summed E-state index contributed by atoms with van der Waals surface area (Å²) in [5, 5.41) is 4.84. The molecule has 0 radical (unpaired) electrons. The highest BCUT2D eigenvalue weighted by Gasteiger charge is 2.25. The van der Waals surface area contributed by atoms with Crippen LogP contribution in [0.4, 0.5) is 4.79 Å². The lowest BCUT2D eigenvalue weighted by molar-refractivity contribution is -0.141. The van der Waals surface area contributed by atoms with E-state index in [1.807, 2.05) is 6.92 Å². The highest BCUT2D eigenvalue weighted by Crippen LogP contribution is 2.21. The first kappa shape index (κ1) is 30.7. The second-order valence-electron chi connectivity index (χ2n) is 9.24. The van der Waals surface area contributed by atoms with Crippen LogP contribution >= 0.6 is 0 Å². The average molecular weight is 528 g/mol. The van der Waals surface area contributed by atoms with E-state index < -0.39 is 39.6 Å². The summed E-state index contributed by atoms with van der Waals surface area (Å²) >= 11 is 0. The Kier molecular flexibility index (Phi) is 11.2. The first-order valence-electron chi connectivity index (χ1n) is 11.3. The lowest BCUT2D eigenvalue weighted by atomic mass is 10.1. The average Bonchev–Trinajstić information content (AvgIpc) is 2.71. The van der Waals surface area contributed by atoms with Crippen molar-refractivity contribution in [3.05, 3.63) is 28.8 Å². The summed E-state index contributed by atoms with van der Waals surface area (Å²) in [5.41, 5.74) is 7.12. The third kappa shape index (κ3) is 10.5. The second kappa shape index (κ2) is 13.1. The fourth-order valence-electron chi connectivity index (χ4n) is 3.38. The molecule has 0 unspecified atom stereocenters. The lowest BCUT2D eigenvalue weighted by Gasteiger charge is -2.23. The first-order chi connectivity index (χ1) is 16.6. The Morgan fingerprint density at radius 2 is 1.69 bits per heavy atom. The minimum Gasteiger partial charge on any atom is -0.468 e. The summed E-state index contributed by atoms with van der Waals surface area (Å²) in [4.78, 5) is 40.1. The van der Waals surface area contributed by atoms with E-state index in [9.17, 15) is 22.8 Å². The summed E-state index contributed by atoms with van der Waals surface area (Å²) in [6.07, 6.45) is -0.427. The van der Waals surface area contributed by atoms with Crippen LogP contribution < -0.4 is 21.1 Å². The van der Waals surface area contributed by atoms with Crippen molar-refractivity contribution in [1.82, 2.24) is 15.4 Å². The van der Waals surface area contributed by atoms with Crippen molar-refractivity contribution in [3.8, 4) is 0 Å². The molecule has 0 aliphatic heterocycles. The smallest absolute Gasteiger partial charge is 0.408 e. The molecule has 0 aromatic heterocycles. The molecule has 0 heterocycles. The standard InChI is InChI=1S/C23H37N5O7S/c1-14-11-15(2)19(16(3)12-14)36(32,33)28-21(24)25-10-8-9-17(20(30)26-13-18(29)34-7)27-22(31)35-23(4,5)6/h11-12,17H,8-10,13H2,1-7H3,(H,26,30)(H,27,31)(H3,24,25,28)/t17-/m0/s1. The van der Waals surface area contributed by atoms with Gasteiger partial charge in [-0.1, -0.05) is 17.7 Å². The Labute approximate surface area is 212 Å². The molecule has 1 atom stereocenters. The highest BCUT2D eigenvalue weighted by atomic mass is 32.2. The van der Waals surface area contributed by atoms with Crippen LogP contribution in [0.15, 0.2) is 22.0 Å². The number of nitrogens with one attached hydrogen (secondary N) is 3. The SMILES string of the molecule is COC(=O)CNC(=O)[C@H](CCCN=C(N)NS(=O)(=O)c1c(C)cc(C)cc1C)NC(=O)OC(C)(C)C. The van der Waals surface area contributed by atoms with Gasteiger partial charge in [-0.3, -0.25) is 14.6 Å². The summed E-state index contributed by atoms with van der Waals surface area (Å²) in [6.45, 7) is 10.0. The van der Waals surface area contributed by atoms with E-state index in [1.165, 1.54) is 7.11 Å². The van der Waals surface area contributed by atoms with E-state index in [2.05, 4.69) is 25.1 Å². The van der Waals surface area contributed by atoms with Gasteiger partial charge in [0.05, 0.1) is 12.0 Å². The zero-order valence-corrected chi connectivity index (χ0v) is 22.7. The molecule has 0 spiro atoms. The molecule has 13 heteroatoms. The van der Waals surface area contributed by atoms with Gasteiger partial charge in [-0.15, -0.1) is 0 Å². The number of guanidine groups is 1. The van der Waals surface area contributed by atoms with Gasteiger partial charge in [0, 0.05) is 6.54 Å². The zero-order valence-electron chi connectivity index (χ0n) is 21.9. The van der Waals surface area contributed by atoms with E-state index in [-0.39, 0.29) is 36.8 Å². The number of amides is 2. The molecule has 1 aromatic rings. The largest absolute Gasteiger partial charge is 0.468 e. The van der Waals surface area contributed by atoms with Crippen molar-refractivity contribution >= 4 is 34.0 Å². The van der Waals surface area contributed by atoms with E-state index in [1.54, 1.807) is 46.8 Å². The molecule has 2 amide bonds. The molecule has 12 nitrogen and oxygen atoms in total. The molecule has 1 rings (SSSR count). The predicted molar refractivity (Wildman–Crippen MR) is 135 cm³/mol. The summed E-state index contributed by atoms with van der Waals surface area (Å²) < 4.78 is 37.5. The van der Waals surface area contributed by atoms with Crippen LogP contribution in [0.25, 0.3) is 0 Å². The Bertz CT molecular complexity index is 1070. The normalized spacial score (nSPS) is 12.9. The number of aryl methyl sites for hydroxylation is 3. The van der Waals surface area contributed by atoms with E-state index in [4.69, 9.17) is 10.5 Å². The first-order valence-corrected chi connectivity index (χ1v) is 12.8. The van der Waals surface area contributed by atoms with Gasteiger partial charge in [-0.05, 0) is 65.5 Å². The molecule has 0 bridgehead atoms. The highest BCUT2D eigenvalue weighted by molar-refractivity contribution is 7.90. The number of hydrogen-bond donors (Lipinski definition) is 4. The molecular formula is C23H37N5O7S. The summed E-state index contributed by atoms with van der Waals surface area (Å²) in [6, 6.07) is 2.49. The van der Waals surface area contributed by atoms with Crippen LogP contribution in [0.5, 0.6) is 0 Å². The molecule has 1 aromatic carbocycles. The van der Waals surface area contributed by atoms with Gasteiger partial charge in [-0.2, -0.15) is 0 Å². The van der Waals surface area contributed by atoms with Crippen LogP contribution in [0.3, 0.4) is 0 Å². The van der Waals surface area contributed by atoms with Gasteiger partial charge in [0.15, 0.2) is 0 Å². The molecule has 0 saturated heterocycles. The number of aliphatic imine (C=N–C) groups is 1. The number of carbonyl (C=O) groups is 3. The number of hydrogen-bond acceptors (Lipinski definition) is 8. The third-order valence-corrected chi connectivity index (χ3v) is 6.35. The predicted octanol–water partition coefficient (Wildman–Crippen LogP) is 1.17. The number of methoxy groups -OCH3 is 1. The molecule has 0 fully saturated rings. The van der Waals surface area contributed by atoms with Crippen molar-refractivity contribution in [1.29, 1.82) is 0 Å². The third-order valence-electron chi connectivity index (χ3n) is 4.69. The molecule has 202 valence electrons. The number of alkyl carbamates (subject to hydrolysis) is 1. The number of nitrogens with zero attached hydrogens (tertiary/aromatic N) is 1. The van der Waals surface area contributed by atoms with Crippen molar-refractivity contribution in [2.75, 3.05) is 20.2 Å². The minimum absolute atomic E-state index is 0.0665. The van der Waals surface area contributed by atoms with Gasteiger partial charge < -0.3 is 25.8 Å². The van der Waals surface area contributed by atoms with Crippen molar-refractivity contribution < 1.29 is 32.3 Å². The van der Waals surface area contributed by atoms with Crippen molar-refractivity contribution in [3.63, 3.8) is 0 Å². The van der Waals surface area contributed by atoms with Crippen LogP contribution in [0.1, 0.15) is 50.3 Å². The minimum atomic E-state index is -3.94.